The first kappa shape index (κ1) is 18.2. The molecule has 0 aromatic heterocycles. The monoisotopic (exact) mass is 330 g/mol. The Morgan fingerprint density at radius 2 is 1.71 bits per heavy atom. The number of benzene rings is 1. The first-order valence-electron chi connectivity index (χ1n) is 8.24. The molecular weight excluding hydrogens is 304 g/mol. The molecule has 0 unspecified atom stereocenters. The third-order valence-corrected chi connectivity index (χ3v) is 5.63. The van der Waals surface area contributed by atoms with Crippen molar-refractivity contribution in [2.45, 2.75) is 46.5 Å². The third-order valence-electron chi connectivity index (χ3n) is 5.63. The van der Waals surface area contributed by atoms with Gasteiger partial charge < -0.3 is 10.2 Å². The SMILES string of the molecule is C=C1CC[C@](C(=O)O)(C(C)(C)C)[C@](Cc2ccccc2)(C(=O)O)C1. The van der Waals surface area contributed by atoms with Gasteiger partial charge in [-0.15, -0.1) is 0 Å². The molecule has 2 rings (SSSR count). The fourth-order valence-corrected chi connectivity index (χ4v) is 4.49. The Hall–Kier alpha value is -2.10. The maximum Gasteiger partial charge on any atom is 0.311 e. The molecule has 0 heterocycles. The molecule has 130 valence electrons. The predicted molar refractivity (Wildman–Crippen MR) is 92.7 cm³/mol. The Labute approximate surface area is 143 Å². The average Bonchev–Trinajstić information content (AvgIpc) is 2.46. The summed E-state index contributed by atoms with van der Waals surface area (Å²) in [7, 11) is 0. The second-order valence-corrected chi connectivity index (χ2v) is 7.94. The van der Waals surface area contributed by atoms with Crippen LogP contribution in [0.15, 0.2) is 42.5 Å². The summed E-state index contributed by atoms with van der Waals surface area (Å²) in [5.74, 6) is -2.08. The Balaban J connectivity index is 2.72. The van der Waals surface area contributed by atoms with E-state index in [0.29, 0.717) is 12.8 Å². The van der Waals surface area contributed by atoms with Crippen molar-refractivity contribution in [3.63, 3.8) is 0 Å². The molecule has 2 atom stereocenters. The van der Waals surface area contributed by atoms with Crippen LogP contribution in [0.3, 0.4) is 0 Å². The van der Waals surface area contributed by atoms with E-state index in [1.807, 2.05) is 51.1 Å². The van der Waals surface area contributed by atoms with E-state index in [2.05, 4.69) is 6.58 Å². The summed E-state index contributed by atoms with van der Waals surface area (Å²) in [6, 6.07) is 9.28. The van der Waals surface area contributed by atoms with Crippen LogP contribution in [0.25, 0.3) is 0 Å². The number of carbonyl (C=O) groups is 2. The molecule has 0 spiro atoms. The zero-order valence-electron chi connectivity index (χ0n) is 14.6. The molecule has 1 aromatic carbocycles. The standard InChI is InChI=1S/C20H26O4/c1-14-10-11-20(17(23)24,18(2,3)4)19(12-14,16(21)22)13-15-8-6-5-7-9-15/h5-9H,1,10-13H2,2-4H3,(H,21,22)(H,23,24)/t19-,20+/m1/s1. The van der Waals surface area contributed by atoms with Gasteiger partial charge in [0.2, 0.25) is 0 Å². The molecule has 0 amide bonds. The van der Waals surface area contributed by atoms with Crippen LogP contribution in [0.4, 0.5) is 0 Å². The van der Waals surface area contributed by atoms with E-state index in [1.165, 1.54) is 0 Å². The van der Waals surface area contributed by atoms with Gasteiger partial charge in [-0.2, -0.15) is 0 Å². The van der Waals surface area contributed by atoms with E-state index in [1.54, 1.807) is 0 Å². The van der Waals surface area contributed by atoms with Crippen molar-refractivity contribution in [1.29, 1.82) is 0 Å². The molecule has 0 saturated heterocycles. The minimum Gasteiger partial charge on any atom is -0.481 e. The van der Waals surface area contributed by atoms with Crippen molar-refractivity contribution in [3.05, 3.63) is 48.0 Å². The molecule has 0 bridgehead atoms. The van der Waals surface area contributed by atoms with Gasteiger partial charge in [0.15, 0.2) is 0 Å². The zero-order valence-corrected chi connectivity index (χ0v) is 14.6. The maximum atomic E-state index is 12.5. The minimum atomic E-state index is -1.41. The number of allylic oxidation sites excluding steroid dienone is 1. The van der Waals surface area contributed by atoms with E-state index in [0.717, 1.165) is 11.1 Å². The fourth-order valence-electron chi connectivity index (χ4n) is 4.49. The highest BCUT2D eigenvalue weighted by Gasteiger charge is 2.67. The van der Waals surface area contributed by atoms with Crippen LogP contribution in [0, 0.1) is 16.2 Å². The van der Waals surface area contributed by atoms with Gasteiger partial charge in [-0.25, -0.2) is 0 Å². The molecule has 1 fully saturated rings. The highest BCUT2D eigenvalue weighted by atomic mass is 16.4. The Bertz CT molecular complexity index is 656. The lowest BCUT2D eigenvalue weighted by Crippen LogP contribution is -2.61. The van der Waals surface area contributed by atoms with Gasteiger partial charge in [0, 0.05) is 0 Å². The van der Waals surface area contributed by atoms with E-state index in [-0.39, 0.29) is 12.8 Å². The molecule has 1 aliphatic carbocycles. The van der Waals surface area contributed by atoms with Gasteiger partial charge in [-0.05, 0) is 36.7 Å². The van der Waals surface area contributed by atoms with Crippen molar-refractivity contribution in [2.24, 2.45) is 16.2 Å². The van der Waals surface area contributed by atoms with Crippen LogP contribution in [0.1, 0.15) is 45.6 Å². The molecule has 1 aromatic rings. The normalized spacial score (nSPS) is 27.7. The largest absolute Gasteiger partial charge is 0.481 e. The first-order chi connectivity index (χ1) is 11.1. The van der Waals surface area contributed by atoms with E-state index in [4.69, 9.17) is 0 Å². The van der Waals surface area contributed by atoms with Crippen molar-refractivity contribution < 1.29 is 19.8 Å². The number of rotatable bonds is 4. The molecule has 4 nitrogen and oxygen atoms in total. The highest BCUT2D eigenvalue weighted by molar-refractivity contribution is 5.88. The number of aliphatic carboxylic acids is 2. The second-order valence-electron chi connectivity index (χ2n) is 7.94. The zero-order chi connectivity index (χ0) is 18.2. The number of hydrogen-bond donors (Lipinski definition) is 2. The van der Waals surface area contributed by atoms with Gasteiger partial charge in [0.1, 0.15) is 0 Å². The smallest absolute Gasteiger partial charge is 0.311 e. The number of carboxylic acid groups (broad SMARTS) is 2. The summed E-state index contributed by atoms with van der Waals surface area (Å²) in [5.41, 5.74) is -1.82. The minimum absolute atomic E-state index is 0.186. The van der Waals surface area contributed by atoms with Crippen molar-refractivity contribution in [3.8, 4) is 0 Å². The average molecular weight is 330 g/mol. The fraction of sp³-hybridized carbons (Fsp3) is 0.500. The van der Waals surface area contributed by atoms with Gasteiger partial charge in [-0.1, -0.05) is 63.3 Å². The number of hydrogen-bond acceptors (Lipinski definition) is 2. The molecule has 24 heavy (non-hydrogen) atoms. The summed E-state index contributed by atoms with van der Waals surface area (Å²) in [6.45, 7) is 9.48. The van der Waals surface area contributed by atoms with Gasteiger partial charge in [-0.3, -0.25) is 9.59 Å². The summed E-state index contributed by atoms with van der Waals surface area (Å²) in [4.78, 5) is 24.9. The predicted octanol–water partition coefficient (Wildman–Crippen LogP) is 4.16. The Morgan fingerprint density at radius 1 is 1.12 bits per heavy atom. The topological polar surface area (TPSA) is 74.6 Å². The van der Waals surface area contributed by atoms with Gasteiger partial charge in [0.05, 0.1) is 10.8 Å². The van der Waals surface area contributed by atoms with Crippen LogP contribution >= 0.6 is 0 Å². The lowest BCUT2D eigenvalue weighted by Gasteiger charge is -2.55. The van der Waals surface area contributed by atoms with Crippen LogP contribution in [0.2, 0.25) is 0 Å². The van der Waals surface area contributed by atoms with E-state index in [9.17, 15) is 19.8 Å². The van der Waals surface area contributed by atoms with Crippen LogP contribution in [-0.4, -0.2) is 22.2 Å². The Kier molecular flexibility index (Phi) is 4.62. The number of carboxylic acids is 2. The van der Waals surface area contributed by atoms with Crippen LogP contribution < -0.4 is 0 Å². The lowest BCUT2D eigenvalue weighted by molar-refractivity contribution is -0.191. The second kappa shape index (κ2) is 6.08. The molecule has 4 heteroatoms. The van der Waals surface area contributed by atoms with Gasteiger partial charge in [0.25, 0.3) is 0 Å². The van der Waals surface area contributed by atoms with Gasteiger partial charge >= 0.3 is 11.9 Å². The first-order valence-corrected chi connectivity index (χ1v) is 8.24. The summed E-state index contributed by atoms with van der Waals surface area (Å²) < 4.78 is 0. The van der Waals surface area contributed by atoms with Crippen molar-refractivity contribution in [1.82, 2.24) is 0 Å². The molecular formula is C20H26O4. The van der Waals surface area contributed by atoms with Crippen LogP contribution in [-0.2, 0) is 16.0 Å². The maximum absolute atomic E-state index is 12.5. The molecule has 0 aliphatic heterocycles. The molecule has 2 N–H and O–H groups in total. The van der Waals surface area contributed by atoms with E-state index < -0.39 is 28.2 Å². The van der Waals surface area contributed by atoms with Crippen LogP contribution in [0.5, 0.6) is 0 Å². The summed E-state index contributed by atoms with van der Waals surface area (Å²) in [6.07, 6.45) is 1.23. The highest BCUT2D eigenvalue weighted by Crippen LogP contribution is 2.62. The molecule has 1 aliphatic rings. The molecule has 0 radical (unpaired) electrons. The van der Waals surface area contributed by atoms with Crippen molar-refractivity contribution >= 4 is 11.9 Å². The Morgan fingerprint density at radius 3 is 2.17 bits per heavy atom. The third kappa shape index (κ3) is 2.64. The lowest BCUT2D eigenvalue weighted by atomic mass is 9.45. The summed E-state index contributed by atoms with van der Waals surface area (Å²) in [5, 5.41) is 20.4. The molecule has 1 saturated carbocycles. The summed E-state index contributed by atoms with van der Waals surface area (Å²) >= 11 is 0. The van der Waals surface area contributed by atoms with E-state index >= 15 is 0 Å². The van der Waals surface area contributed by atoms with Crippen molar-refractivity contribution in [2.75, 3.05) is 0 Å². The quantitative estimate of drug-likeness (QED) is 0.813.